The molecule has 0 aliphatic rings. The first-order chi connectivity index (χ1) is 6.26. The molecule has 5 heteroatoms. The maximum atomic E-state index is 5.44. The number of nitrogens with two attached hydrogens (primary N) is 1. The molecule has 0 saturated heterocycles. The van der Waals surface area contributed by atoms with Crippen molar-refractivity contribution in [1.29, 1.82) is 0 Å². The number of ether oxygens (including phenoxy) is 2. The van der Waals surface area contributed by atoms with Gasteiger partial charge >= 0.3 is 6.01 Å². The van der Waals surface area contributed by atoms with Crippen LogP contribution in [0.2, 0.25) is 0 Å². The van der Waals surface area contributed by atoms with E-state index in [-0.39, 0.29) is 18.4 Å². The molecule has 0 spiro atoms. The molecule has 0 amide bonds. The summed E-state index contributed by atoms with van der Waals surface area (Å²) in [4.78, 5) is 7.63. The van der Waals surface area contributed by atoms with Gasteiger partial charge in [0.05, 0.1) is 7.11 Å². The number of terminal acetylenes is 1. The highest BCUT2D eigenvalue weighted by molar-refractivity contribution is 5.34. The topological polar surface area (TPSA) is 70.3 Å². The number of hydrogen-bond acceptors (Lipinski definition) is 5. The molecule has 0 unspecified atom stereocenters. The Bertz CT molecular complexity index is 333. The number of rotatable bonds is 3. The van der Waals surface area contributed by atoms with Crippen LogP contribution in [0.3, 0.4) is 0 Å². The van der Waals surface area contributed by atoms with Gasteiger partial charge in [0.15, 0.2) is 6.61 Å². The third-order valence-corrected chi connectivity index (χ3v) is 1.19. The first-order valence-electron chi connectivity index (χ1n) is 3.51. The highest BCUT2D eigenvalue weighted by Gasteiger charge is 2.02. The second kappa shape index (κ2) is 4.16. The van der Waals surface area contributed by atoms with Gasteiger partial charge in [-0.25, -0.2) is 0 Å². The van der Waals surface area contributed by atoms with Gasteiger partial charge in [-0.05, 0) is 0 Å². The molecular weight excluding hydrogens is 170 g/mol. The molecule has 1 heterocycles. The fourth-order valence-electron chi connectivity index (χ4n) is 0.702. The standard InChI is InChI=1S/C8H9N3O2/c1-3-4-13-7-5-6(9)10-8(11-7)12-2/h1,5H,4H2,2H3,(H2,9,10,11). The van der Waals surface area contributed by atoms with Gasteiger partial charge < -0.3 is 15.2 Å². The van der Waals surface area contributed by atoms with E-state index in [0.717, 1.165) is 0 Å². The number of methoxy groups -OCH3 is 1. The van der Waals surface area contributed by atoms with Crippen molar-refractivity contribution in [2.45, 2.75) is 0 Å². The van der Waals surface area contributed by atoms with Crippen LogP contribution in [0.15, 0.2) is 6.07 Å². The summed E-state index contributed by atoms with van der Waals surface area (Å²) >= 11 is 0. The van der Waals surface area contributed by atoms with Gasteiger partial charge in [-0.1, -0.05) is 5.92 Å². The van der Waals surface area contributed by atoms with E-state index in [9.17, 15) is 0 Å². The van der Waals surface area contributed by atoms with Crippen LogP contribution in [-0.2, 0) is 0 Å². The summed E-state index contributed by atoms with van der Waals surface area (Å²) < 4.78 is 9.81. The average molecular weight is 179 g/mol. The number of anilines is 1. The van der Waals surface area contributed by atoms with Crippen molar-refractivity contribution in [3.63, 3.8) is 0 Å². The molecular formula is C8H9N3O2. The smallest absolute Gasteiger partial charge is 0.321 e. The van der Waals surface area contributed by atoms with E-state index in [4.69, 9.17) is 21.6 Å². The summed E-state index contributed by atoms with van der Waals surface area (Å²) in [6, 6.07) is 1.63. The molecule has 0 fully saturated rings. The van der Waals surface area contributed by atoms with E-state index in [2.05, 4.69) is 15.9 Å². The fraction of sp³-hybridized carbons (Fsp3) is 0.250. The number of nitrogen functional groups attached to an aromatic ring is 1. The van der Waals surface area contributed by atoms with E-state index >= 15 is 0 Å². The minimum Gasteiger partial charge on any atom is -0.467 e. The molecule has 2 N–H and O–H groups in total. The summed E-state index contributed by atoms with van der Waals surface area (Å²) in [5.41, 5.74) is 5.44. The predicted octanol–water partition coefficient (Wildman–Crippen LogP) is 0.0794. The zero-order chi connectivity index (χ0) is 9.68. The normalized spacial score (nSPS) is 8.92. The fourth-order valence-corrected chi connectivity index (χ4v) is 0.702. The second-order valence-corrected chi connectivity index (χ2v) is 2.11. The molecule has 1 rings (SSSR count). The van der Waals surface area contributed by atoms with E-state index in [1.165, 1.54) is 13.2 Å². The highest BCUT2D eigenvalue weighted by atomic mass is 16.5. The SMILES string of the molecule is C#CCOc1cc(N)nc(OC)n1. The summed E-state index contributed by atoms with van der Waals surface area (Å²) in [7, 11) is 1.44. The molecule has 0 radical (unpaired) electrons. The number of aromatic nitrogens is 2. The third-order valence-electron chi connectivity index (χ3n) is 1.19. The van der Waals surface area contributed by atoms with Crippen molar-refractivity contribution in [2.75, 3.05) is 19.5 Å². The van der Waals surface area contributed by atoms with Crippen LogP contribution in [-0.4, -0.2) is 23.7 Å². The summed E-state index contributed by atoms with van der Waals surface area (Å²) in [6.07, 6.45) is 5.00. The lowest BCUT2D eigenvalue weighted by Gasteiger charge is -2.03. The summed E-state index contributed by atoms with van der Waals surface area (Å²) in [5.74, 6) is 2.89. The molecule has 1 aromatic heterocycles. The quantitative estimate of drug-likeness (QED) is 0.665. The second-order valence-electron chi connectivity index (χ2n) is 2.11. The summed E-state index contributed by atoms with van der Waals surface area (Å²) in [6.45, 7) is 0.138. The Morgan fingerprint density at radius 1 is 1.62 bits per heavy atom. The number of hydrogen-bond donors (Lipinski definition) is 1. The van der Waals surface area contributed by atoms with Gasteiger partial charge in [0.1, 0.15) is 5.82 Å². The molecule has 0 bridgehead atoms. The largest absolute Gasteiger partial charge is 0.467 e. The van der Waals surface area contributed by atoms with E-state index in [1.807, 2.05) is 0 Å². The first kappa shape index (κ1) is 9.13. The zero-order valence-corrected chi connectivity index (χ0v) is 7.15. The molecule has 5 nitrogen and oxygen atoms in total. The lowest BCUT2D eigenvalue weighted by atomic mass is 10.5. The Labute approximate surface area is 75.9 Å². The Kier molecular flexibility index (Phi) is 2.92. The van der Waals surface area contributed by atoms with Crippen molar-refractivity contribution < 1.29 is 9.47 Å². The van der Waals surface area contributed by atoms with Crippen LogP contribution in [0.1, 0.15) is 0 Å². The van der Waals surface area contributed by atoms with Crippen LogP contribution in [0.5, 0.6) is 11.9 Å². The van der Waals surface area contributed by atoms with E-state index in [1.54, 1.807) is 0 Å². The van der Waals surface area contributed by atoms with Crippen molar-refractivity contribution in [3.8, 4) is 24.2 Å². The van der Waals surface area contributed by atoms with Gasteiger partial charge in [0.25, 0.3) is 0 Å². The van der Waals surface area contributed by atoms with Crippen molar-refractivity contribution in [3.05, 3.63) is 6.07 Å². The molecule has 68 valence electrons. The Hall–Kier alpha value is -1.96. The van der Waals surface area contributed by atoms with Gasteiger partial charge in [-0.3, -0.25) is 0 Å². The van der Waals surface area contributed by atoms with Crippen molar-refractivity contribution in [1.82, 2.24) is 9.97 Å². The molecule has 0 atom stereocenters. The molecule has 13 heavy (non-hydrogen) atoms. The Morgan fingerprint density at radius 2 is 2.38 bits per heavy atom. The minimum absolute atomic E-state index is 0.138. The predicted molar refractivity (Wildman–Crippen MR) is 47.3 cm³/mol. The Balaban J connectivity index is 2.83. The van der Waals surface area contributed by atoms with E-state index in [0.29, 0.717) is 5.88 Å². The lowest BCUT2D eigenvalue weighted by molar-refractivity contribution is 0.332. The maximum Gasteiger partial charge on any atom is 0.321 e. The molecule has 0 aliphatic carbocycles. The van der Waals surface area contributed by atoms with Crippen LogP contribution in [0, 0.1) is 12.3 Å². The monoisotopic (exact) mass is 179 g/mol. The molecule has 1 aromatic rings. The average Bonchev–Trinajstić information content (AvgIpc) is 2.14. The lowest BCUT2D eigenvalue weighted by Crippen LogP contribution is -2.01. The van der Waals surface area contributed by atoms with Crippen LogP contribution < -0.4 is 15.2 Å². The van der Waals surface area contributed by atoms with Gasteiger partial charge in [0, 0.05) is 6.07 Å². The van der Waals surface area contributed by atoms with Crippen molar-refractivity contribution >= 4 is 5.82 Å². The van der Waals surface area contributed by atoms with Crippen molar-refractivity contribution in [2.24, 2.45) is 0 Å². The van der Waals surface area contributed by atoms with Gasteiger partial charge in [-0.2, -0.15) is 9.97 Å². The van der Waals surface area contributed by atoms with Crippen LogP contribution >= 0.6 is 0 Å². The minimum atomic E-state index is 0.138. The number of nitrogens with zero attached hydrogens (tertiary/aromatic N) is 2. The third kappa shape index (κ3) is 2.52. The summed E-state index contributed by atoms with van der Waals surface area (Å²) in [5, 5.41) is 0. The maximum absolute atomic E-state index is 5.44. The Morgan fingerprint density at radius 3 is 3.00 bits per heavy atom. The first-order valence-corrected chi connectivity index (χ1v) is 3.51. The van der Waals surface area contributed by atoms with E-state index < -0.39 is 0 Å². The zero-order valence-electron chi connectivity index (χ0n) is 7.15. The molecule has 0 aliphatic heterocycles. The van der Waals surface area contributed by atoms with Crippen LogP contribution in [0.4, 0.5) is 5.82 Å². The molecule has 0 saturated carbocycles. The molecule has 0 aromatic carbocycles. The van der Waals surface area contributed by atoms with Gasteiger partial charge in [0.2, 0.25) is 5.88 Å². The van der Waals surface area contributed by atoms with Gasteiger partial charge in [-0.15, -0.1) is 6.42 Å². The van der Waals surface area contributed by atoms with Crippen LogP contribution in [0.25, 0.3) is 0 Å². The highest BCUT2D eigenvalue weighted by Crippen LogP contribution is 2.14.